The number of thiazole rings is 1. The summed E-state index contributed by atoms with van der Waals surface area (Å²) in [5.74, 6) is 0. The molecule has 118 valence electrons. The third kappa shape index (κ3) is 3.93. The highest BCUT2D eigenvalue weighted by molar-refractivity contribution is 7.12. The van der Waals surface area contributed by atoms with Gasteiger partial charge in [-0.15, -0.1) is 11.3 Å². The summed E-state index contributed by atoms with van der Waals surface area (Å²) in [6.07, 6.45) is 2.18. The average Bonchev–Trinajstić information content (AvgIpc) is 3.00. The van der Waals surface area contributed by atoms with Gasteiger partial charge in [0.2, 0.25) is 0 Å². The summed E-state index contributed by atoms with van der Waals surface area (Å²) >= 11 is 1.65. The second-order valence-corrected chi connectivity index (χ2v) is 6.77. The van der Waals surface area contributed by atoms with Gasteiger partial charge in [-0.2, -0.15) is 0 Å². The van der Waals surface area contributed by atoms with Crippen LogP contribution >= 0.6 is 11.3 Å². The van der Waals surface area contributed by atoms with Gasteiger partial charge in [0, 0.05) is 36.6 Å². The molecular formula is C17H23N3OS. The molecule has 1 fully saturated rings. The van der Waals surface area contributed by atoms with Crippen molar-refractivity contribution in [3.05, 3.63) is 40.2 Å². The number of hydrogen-bond acceptors (Lipinski definition) is 5. The number of nitrogens with zero attached hydrogens (tertiary/aromatic N) is 2. The minimum absolute atomic E-state index is 0.0301. The van der Waals surface area contributed by atoms with E-state index in [2.05, 4.69) is 27.3 Å². The van der Waals surface area contributed by atoms with E-state index in [1.54, 1.807) is 11.3 Å². The number of aromatic nitrogens is 1. The molecule has 2 aromatic rings. The van der Waals surface area contributed by atoms with Crippen molar-refractivity contribution in [1.29, 1.82) is 0 Å². The Kier molecular flexibility index (Phi) is 5.56. The maximum Gasteiger partial charge on any atom is 0.119 e. The fourth-order valence-corrected chi connectivity index (χ4v) is 3.85. The Morgan fingerprint density at radius 1 is 1.18 bits per heavy atom. The molecule has 0 aliphatic carbocycles. The monoisotopic (exact) mass is 317 g/mol. The number of rotatable bonds is 6. The molecule has 0 amide bonds. The first kappa shape index (κ1) is 15.6. The third-order valence-corrected chi connectivity index (χ3v) is 5.11. The van der Waals surface area contributed by atoms with Crippen molar-refractivity contribution in [2.45, 2.75) is 19.4 Å². The maximum atomic E-state index is 9.38. The van der Waals surface area contributed by atoms with Crippen LogP contribution in [0.5, 0.6) is 0 Å². The fourth-order valence-electron chi connectivity index (χ4n) is 2.86. The van der Waals surface area contributed by atoms with Gasteiger partial charge < -0.3 is 15.3 Å². The van der Waals surface area contributed by atoms with Crippen LogP contribution in [0.1, 0.15) is 16.3 Å². The van der Waals surface area contributed by atoms with Crippen molar-refractivity contribution in [2.75, 3.05) is 32.7 Å². The van der Waals surface area contributed by atoms with Gasteiger partial charge in [0.1, 0.15) is 5.01 Å². The molecule has 1 aliphatic heterocycles. The van der Waals surface area contributed by atoms with Gasteiger partial charge in [0.25, 0.3) is 0 Å². The quantitative estimate of drug-likeness (QED) is 0.857. The first-order chi connectivity index (χ1) is 10.9. The first-order valence-electron chi connectivity index (χ1n) is 7.95. The van der Waals surface area contributed by atoms with Crippen molar-refractivity contribution in [2.24, 2.45) is 0 Å². The number of nitrogens with one attached hydrogen (secondary N) is 1. The van der Waals surface area contributed by atoms with Gasteiger partial charge in [-0.1, -0.05) is 30.3 Å². The lowest BCUT2D eigenvalue weighted by Crippen LogP contribution is -2.43. The molecule has 1 aromatic carbocycles. The van der Waals surface area contributed by atoms with E-state index in [9.17, 15) is 5.11 Å². The highest BCUT2D eigenvalue weighted by Crippen LogP contribution is 2.29. The Bertz CT molecular complexity index is 579. The van der Waals surface area contributed by atoms with Crippen molar-refractivity contribution < 1.29 is 5.11 Å². The third-order valence-electron chi connectivity index (χ3n) is 4.01. The van der Waals surface area contributed by atoms with Crippen LogP contribution in [0.4, 0.5) is 0 Å². The van der Waals surface area contributed by atoms with Crippen LogP contribution in [-0.4, -0.2) is 47.7 Å². The zero-order chi connectivity index (χ0) is 15.2. The van der Waals surface area contributed by atoms with Gasteiger partial charge >= 0.3 is 0 Å². The molecule has 0 saturated carbocycles. The van der Waals surface area contributed by atoms with Gasteiger partial charge in [-0.25, -0.2) is 4.98 Å². The van der Waals surface area contributed by atoms with Crippen molar-refractivity contribution in [1.82, 2.24) is 15.2 Å². The Morgan fingerprint density at radius 2 is 1.95 bits per heavy atom. The normalized spacial score (nSPS) is 16.0. The molecule has 1 saturated heterocycles. The van der Waals surface area contributed by atoms with Gasteiger partial charge in [0.15, 0.2) is 0 Å². The molecule has 0 bridgehead atoms. The Hall–Kier alpha value is -1.27. The highest BCUT2D eigenvalue weighted by Gasteiger charge is 2.14. The number of aliphatic hydroxyl groups is 1. The maximum absolute atomic E-state index is 9.38. The van der Waals surface area contributed by atoms with Gasteiger partial charge in [-0.05, 0) is 19.4 Å². The molecule has 0 atom stereocenters. The number of aliphatic hydroxyl groups excluding tert-OH is 1. The molecule has 22 heavy (non-hydrogen) atoms. The second kappa shape index (κ2) is 7.83. The zero-order valence-corrected chi connectivity index (χ0v) is 13.6. The lowest BCUT2D eigenvalue weighted by molar-refractivity contribution is 0.239. The summed E-state index contributed by atoms with van der Waals surface area (Å²) < 4.78 is 0. The van der Waals surface area contributed by atoms with Crippen LogP contribution in [0.3, 0.4) is 0 Å². The Balaban J connectivity index is 1.66. The summed E-state index contributed by atoms with van der Waals surface area (Å²) in [7, 11) is 0. The van der Waals surface area contributed by atoms with E-state index in [-0.39, 0.29) is 6.61 Å². The van der Waals surface area contributed by atoms with Crippen LogP contribution in [0, 0.1) is 0 Å². The van der Waals surface area contributed by atoms with E-state index in [1.165, 1.54) is 4.88 Å². The van der Waals surface area contributed by atoms with E-state index in [4.69, 9.17) is 0 Å². The molecule has 1 aromatic heterocycles. The van der Waals surface area contributed by atoms with E-state index >= 15 is 0 Å². The number of hydrogen-bond donors (Lipinski definition) is 2. The minimum atomic E-state index is 0.0301. The Morgan fingerprint density at radius 3 is 2.68 bits per heavy atom. The molecule has 0 unspecified atom stereocenters. The van der Waals surface area contributed by atoms with Crippen molar-refractivity contribution >= 4 is 11.3 Å². The minimum Gasteiger partial charge on any atom is -0.389 e. The zero-order valence-electron chi connectivity index (χ0n) is 12.8. The van der Waals surface area contributed by atoms with E-state index in [0.29, 0.717) is 0 Å². The topological polar surface area (TPSA) is 48.4 Å². The van der Waals surface area contributed by atoms with Crippen LogP contribution in [0.2, 0.25) is 0 Å². The summed E-state index contributed by atoms with van der Waals surface area (Å²) in [5, 5.41) is 13.6. The molecule has 2 N–H and O–H groups in total. The van der Waals surface area contributed by atoms with Gasteiger partial charge in [-0.3, -0.25) is 0 Å². The molecule has 3 rings (SSSR count). The summed E-state index contributed by atoms with van der Waals surface area (Å²) in [4.78, 5) is 8.43. The van der Waals surface area contributed by atoms with Crippen LogP contribution in [0.15, 0.2) is 30.3 Å². The predicted molar refractivity (Wildman–Crippen MR) is 91.1 cm³/mol. The van der Waals surface area contributed by atoms with E-state index < -0.39 is 0 Å². The van der Waals surface area contributed by atoms with Gasteiger partial charge in [0.05, 0.1) is 12.3 Å². The standard InChI is InChI=1S/C17H23N3OS/c21-13-16-19-17(14-5-2-1-3-6-14)15(22-16)7-4-10-20-11-8-18-9-12-20/h1-3,5-6,18,21H,4,7-13H2. The fraction of sp³-hybridized carbons (Fsp3) is 0.471. The van der Waals surface area contributed by atoms with Crippen LogP contribution in [-0.2, 0) is 13.0 Å². The van der Waals surface area contributed by atoms with E-state index in [0.717, 1.165) is 61.8 Å². The number of benzene rings is 1. The molecule has 0 spiro atoms. The second-order valence-electron chi connectivity index (χ2n) is 5.60. The molecular weight excluding hydrogens is 294 g/mol. The molecule has 2 heterocycles. The highest BCUT2D eigenvalue weighted by atomic mass is 32.1. The first-order valence-corrected chi connectivity index (χ1v) is 8.76. The smallest absolute Gasteiger partial charge is 0.119 e. The summed E-state index contributed by atoms with van der Waals surface area (Å²) in [6, 6.07) is 10.3. The summed E-state index contributed by atoms with van der Waals surface area (Å²) in [6.45, 7) is 5.67. The number of aryl methyl sites for hydroxylation is 1. The molecule has 4 nitrogen and oxygen atoms in total. The molecule has 5 heteroatoms. The average molecular weight is 317 g/mol. The lowest BCUT2D eigenvalue weighted by Gasteiger charge is -2.26. The Labute approximate surface area is 135 Å². The molecule has 0 radical (unpaired) electrons. The van der Waals surface area contributed by atoms with Crippen LogP contribution < -0.4 is 5.32 Å². The predicted octanol–water partition coefficient (Wildman–Crippen LogP) is 2.14. The van der Waals surface area contributed by atoms with Crippen molar-refractivity contribution in [3.8, 4) is 11.3 Å². The van der Waals surface area contributed by atoms with Crippen molar-refractivity contribution in [3.63, 3.8) is 0 Å². The largest absolute Gasteiger partial charge is 0.389 e. The lowest BCUT2D eigenvalue weighted by atomic mass is 10.1. The SMILES string of the molecule is OCc1nc(-c2ccccc2)c(CCCN2CCNCC2)s1. The van der Waals surface area contributed by atoms with E-state index in [1.807, 2.05) is 18.2 Å². The van der Waals surface area contributed by atoms with Crippen LogP contribution in [0.25, 0.3) is 11.3 Å². The number of piperazine rings is 1. The summed E-state index contributed by atoms with van der Waals surface area (Å²) in [5.41, 5.74) is 2.20. The molecule has 1 aliphatic rings.